The fourth-order valence-electron chi connectivity index (χ4n) is 2.32. The van der Waals surface area contributed by atoms with E-state index in [1.54, 1.807) is 24.3 Å². The standard InChI is InChI=1S/C20H25FN4O.HI/c1-3-22-19(26)17-9-5-15(6-10-17)13-24-20(23-4-2)25-14-16-7-11-18(21)12-8-16;/h5-12H,3-4,13-14H2,1-2H3,(H,22,26)(H2,23,24,25);1H. The number of hydrogen-bond donors (Lipinski definition) is 3. The molecule has 2 aromatic carbocycles. The molecule has 3 N–H and O–H groups in total. The van der Waals surface area contributed by atoms with Crippen LogP contribution in [0.3, 0.4) is 0 Å². The zero-order chi connectivity index (χ0) is 18.8. The first-order valence-electron chi connectivity index (χ1n) is 8.76. The van der Waals surface area contributed by atoms with Crippen molar-refractivity contribution in [2.75, 3.05) is 13.1 Å². The fraction of sp³-hybridized carbons (Fsp3) is 0.300. The molecule has 0 aliphatic heterocycles. The Bertz CT molecular complexity index is 733. The number of rotatable bonds is 7. The Morgan fingerprint density at radius 1 is 0.889 bits per heavy atom. The van der Waals surface area contributed by atoms with Crippen molar-refractivity contribution in [1.29, 1.82) is 0 Å². The summed E-state index contributed by atoms with van der Waals surface area (Å²) in [6, 6.07) is 13.8. The topological polar surface area (TPSA) is 65.5 Å². The quantitative estimate of drug-likeness (QED) is 0.321. The first-order chi connectivity index (χ1) is 12.6. The second-order valence-corrected chi connectivity index (χ2v) is 5.73. The van der Waals surface area contributed by atoms with Crippen LogP contribution in [-0.4, -0.2) is 25.0 Å². The molecule has 2 rings (SSSR count). The van der Waals surface area contributed by atoms with E-state index < -0.39 is 0 Å². The van der Waals surface area contributed by atoms with Gasteiger partial charge in [0.15, 0.2) is 5.96 Å². The number of halogens is 2. The molecule has 0 aliphatic rings. The first kappa shape index (κ1) is 22.9. The van der Waals surface area contributed by atoms with Gasteiger partial charge in [0, 0.05) is 25.2 Å². The number of guanidine groups is 1. The van der Waals surface area contributed by atoms with E-state index in [1.807, 2.05) is 26.0 Å². The van der Waals surface area contributed by atoms with Crippen LogP contribution in [0.5, 0.6) is 0 Å². The van der Waals surface area contributed by atoms with Gasteiger partial charge in [-0.1, -0.05) is 24.3 Å². The second-order valence-electron chi connectivity index (χ2n) is 5.73. The van der Waals surface area contributed by atoms with E-state index in [0.29, 0.717) is 31.2 Å². The molecule has 0 atom stereocenters. The summed E-state index contributed by atoms with van der Waals surface area (Å²) < 4.78 is 13.0. The molecule has 0 aromatic heterocycles. The maximum atomic E-state index is 13.0. The van der Waals surface area contributed by atoms with Crippen molar-refractivity contribution in [3.05, 3.63) is 71.0 Å². The molecule has 0 saturated heterocycles. The fourth-order valence-corrected chi connectivity index (χ4v) is 2.32. The van der Waals surface area contributed by atoms with Gasteiger partial charge >= 0.3 is 0 Å². The molecule has 2 aromatic rings. The summed E-state index contributed by atoms with van der Waals surface area (Å²) in [5.74, 6) is 0.367. The molecule has 1 amide bonds. The van der Waals surface area contributed by atoms with E-state index in [2.05, 4.69) is 20.9 Å². The largest absolute Gasteiger partial charge is 0.357 e. The van der Waals surface area contributed by atoms with Crippen LogP contribution >= 0.6 is 24.0 Å². The van der Waals surface area contributed by atoms with Gasteiger partial charge in [-0.2, -0.15) is 0 Å². The van der Waals surface area contributed by atoms with Crippen LogP contribution in [0.2, 0.25) is 0 Å². The number of carbonyl (C=O) groups excluding carboxylic acids is 1. The summed E-state index contributed by atoms with van der Waals surface area (Å²) in [7, 11) is 0. The lowest BCUT2D eigenvalue weighted by Gasteiger charge is -2.11. The van der Waals surface area contributed by atoms with E-state index in [1.165, 1.54) is 12.1 Å². The number of carbonyl (C=O) groups is 1. The van der Waals surface area contributed by atoms with Gasteiger partial charge in [0.05, 0.1) is 6.54 Å². The van der Waals surface area contributed by atoms with Gasteiger partial charge in [0.2, 0.25) is 0 Å². The van der Waals surface area contributed by atoms with E-state index in [9.17, 15) is 9.18 Å². The van der Waals surface area contributed by atoms with Crippen molar-refractivity contribution >= 4 is 35.8 Å². The number of amides is 1. The Hall–Kier alpha value is -2.16. The van der Waals surface area contributed by atoms with Crippen molar-refractivity contribution in [3.63, 3.8) is 0 Å². The highest BCUT2D eigenvalue weighted by atomic mass is 127. The maximum Gasteiger partial charge on any atom is 0.251 e. The second kappa shape index (κ2) is 12.3. The molecule has 0 spiro atoms. The van der Waals surface area contributed by atoms with Crippen LogP contribution in [-0.2, 0) is 13.1 Å². The summed E-state index contributed by atoms with van der Waals surface area (Å²) in [5.41, 5.74) is 2.63. The van der Waals surface area contributed by atoms with Crippen molar-refractivity contribution in [1.82, 2.24) is 16.0 Å². The molecule has 0 fully saturated rings. The highest BCUT2D eigenvalue weighted by Crippen LogP contribution is 2.06. The van der Waals surface area contributed by atoms with E-state index >= 15 is 0 Å². The van der Waals surface area contributed by atoms with Crippen molar-refractivity contribution in [2.45, 2.75) is 26.9 Å². The van der Waals surface area contributed by atoms with E-state index in [4.69, 9.17) is 0 Å². The third-order valence-electron chi connectivity index (χ3n) is 3.69. The lowest BCUT2D eigenvalue weighted by molar-refractivity contribution is 0.0956. The Labute approximate surface area is 176 Å². The highest BCUT2D eigenvalue weighted by Gasteiger charge is 2.04. The molecule has 27 heavy (non-hydrogen) atoms. The molecular formula is C20H26FIN4O. The van der Waals surface area contributed by atoms with Gasteiger partial charge in [-0.05, 0) is 49.2 Å². The minimum absolute atomic E-state index is 0. The van der Waals surface area contributed by atoms with Crippen molar-refractivity contribution in [2.24, 2.45) is 4.99 Å². The predicted molar refractivity (Wildman–Crippen MR) is 118 cm³/mol. The highest BCUT2D eigenvalue weighted by molar-refractivity contribution is 14.0. The number of aliphatic imine (C=N–C) groups is 1. The van der Waals surface area contributed by atoms with E-state index in [-0.39, 0.29) is 35.7 Å². The lowest BCUT2D eigenvalue weighted by Crippen LogP contribution is -2.36. The Balaban J connectivity index is 0.00000364. The zero-order valence-corrected chi connectivity index (χ0v) is 17.9. The first-order valence-corrected chi connectivity index (χ1v) is 8.76. The summed E-state index contributed by atoms with van der Waals surface area (Å²) >= 11 is 0. The van der Waals surface area contributed by atoms with Gasteiger partial charge in [-0.3, -0.25) is 4.79 Å². The number of hydrogen-bond acceptors (Lipinski definition) is 2. The molecule has 146 valence electrons. The monoisotopic (exact) mass is 484 g/mol. The van der Waals surface area contributed by atoms with Crippen LogP contribution in [0.4, 0.5) is 4.39 Å². The molecule has 0 radical (unpaired) electrons. The Morgan fingerprint density at radius 2 is 1.48 bits per heavy atom. The third-order valence-corrected chi connectivity index (χ3v) is 3.69. The van der Waals surface area contributed by atoms with Gasteiger partial charge in [0.25, 0.3) is 5.91 Å². The molecule has 0 heterocycles. The van der Waals surface area contributed by atoms with Crippen LogP contribution < -0.4 is 16.0 Å². The van der Waals surface area contributed by atoms with Crippen LogP contribution in [0.1, 0.15) is 35.3 Å². The lowest BCUT2D eigenvalue weighted by atomic mass is 10.1. The summed E-state index contributed by atoms with van der Waals surface area (Å²) in [6.45, 7) is 6.29. The minimum Gasteiger partial charge on any atom is -0.357 e. The van der Waals surface area contributed by atoms with Crippen LogP contribution in [0.25, 0.3) is 0 Å². The summed E-state index contributed by atoms with van der Waals surface area (Å²) in [6.07, 6.45) is 0. The number of benzene rings is 2. The molecule has 0 aliphatic carbocycles. The van der Waals surface area contributed by atoms with Crippen molar-refractivity contribution in [3.8, 4) is 0 Å². The van der Waals surface area contributed by atoms with Gasteiger partial charge in [-0.15, -0.1) is 24.0 Å². The number of nitrogens with zero attached hydrogens (tertiary/aromatic N) is 1. The normalized spacial score (nSPS) is 10.7. The predicted octanol–water partition coefficient (Wildman–Crippen LogP) is 3.45. The van der Waals surface area contributed by atoms with Crippen molar-refractivity contribution < 1.29 is 9.18 Å². The zero-order valence-electron chi connectivity index (χ0n) is 15.6. The Morgan fingerprint density at radius 3 is 2.07 bits per heavy atom. The van der Waals surface area contributed by atoms with E-state index in [0.717, 1.165) is 17.7 Å². The smallest absolute Gasteiger partial charge is 0.251 e. The number of nitrogens with one attached hydrogen (secondary N) is 3. The molecule has 7 heteroatoms. The van der Waals surface area contributed by atoms with Crippen LogP contribution in [0, 0.1) is 5.82 Å². The summed E-state index contributed by atoms with van der Waals surface area (Å²) in [5, 5.41) is 9.18. The molecule has 0 bridgehead atoms. The molecule has 0 saturated carbocycles. The molecule has 0 unspecified atom stereocenters. The molecule has 5 nitrogen and oxygen atoms in total. The third kappa shape index (κ3) is 7.94. The average Bonchev–Trinajstić information content (AvgIpc) is 2.66. The van der Waals surface area contributed by atoms with Gasteiger partial charge in [-0.25, -0.2) is 9.38 Å². The molecular weight excluding hydrogens is 458 g/mol. The maximum absolute atomic E-state index is 13.0. The summed E-state index contributed by atoms with van der Waals surface area (Å²) in [4.78, 5) is 16.3. The van der Waals surface area contributed by atoms with Gasteiger partial charge in [0.1, 0.15) is 5.82 Å². The Kier molecular flexibility index (Phi) is 10.4. The van der Waals surface area contributed by atoms with Crippen LogP contribution in [0.15, 0.2) is 53.5 Å². The average molecular weight is 484 g/mol. The minimum atomic E-state index is -0.245. The SMILES string of the molecule is CCNC(=O)c1ccc(CN=C(NCC)NCc2ccc(F)cc2)cc1.I. The van der Waals surface area contributed by atoms with Gasteiger partial charge < -0.3 is 16.0 Å².